The maximum Gasteiger partial charge on any atom is 0.237 e. The molecule has 0 radical (unpaired) electrons. The first-order valence-electron chi connectivity index (χ1n) is 7.40. The third-order valence-electron chi connectivity index (χ3n) is 4.23. The lowest BCUT2D eigenvalue weighted by Gasteiger charge is -2.34. The van der Waals surface area contributed by atoms with E-state index >= 15 is 0 Å². The molecule has 0 unspecified atom stereocenters. The van der Waals surface area contributed by atoms with E-state index in [1.54, 1.807) is 0 Å². The highest BCUT2D eigenvalue weighted by molar-refractivity contribution is 7.80. The summed E-state index contributed by atoms with van der Waals surface area (Å²) in [6.07, 6.45) is 5.19. The van der Waals surface area contributed by atoms with Crippen LogP contribution in [-0.2, 0) is 11.2 Å². The van der Waals surface area contributed by atoms with Gasteiger partial charge in [-0.25, -0.2) is 0 Å². The number of aliphatic hydroxyl groups excluding tert-OH is 1. The van der Waals surface area contributed by atoms with E-state index in [1.807, 2.05) is 24.3 Å². The number of hydrogen-bond donors (Lipinski definition) is 3. The first-order valence-corrected chi connectivity index (χ1v) is 7.80. The lowest BCUT2D eigenvalue weighted by molar-refractivity contribution is -0.123. The van der Waals surface area contributed by atoms with Gasteiger partial charge in [0.15, 0.2) is 0 Å². The molecule has 0 heterocycles. The average molecular weight is 306 g/mol. The molecule has 5 heteroatoms. The molecular weight excluding hydrogens is 284 g/mol. The molecule has 114 valence electrons. The Balaban J connectivity index is 2.09. The van der Waals surface area contributed by atoms with Gasteiger partial charge in [-0.05, 0) is 37.0 Å². The highest BCUT2D eigenvalue weighted by Gasteiger charge is 2.42. The summed E-state index contributed by atoms with van der Waals surface area (Å²) in [5.74, 6) is -0.0930. The highest BCUT2D eigenvalue weighted by Crippen LogP contribution is 2.37. The molecule has 1 aliphatic carbocycles. The highest BCUT2D eigenvalue weighted by atomic mass is 32.1. The number of thiocarbonyl (C=S) groups is 1. The molecule has 0 atom stereocenters. The third kappa shape index (κ3) is 3.60. The molecule has 0 aromatic heterocycles. The maximum absolute atomic E-state index is 12.6. The molecule has 1 fully saturated rings. The van der Waals surface area contributed by atoms with Crippen molar-refractivity contribution >= 4 is 28.8 Å². The SMILES string of the molecule is NC(=S)C1(C(=O)Nc2ccc(CCO)cc2)CCCCC1. The monoisotopic (exact) mass is 306 g/mol. The Bertz CT molecular complexity index is 508. The predicted molar refractivity (Wildman–Crippen MR) is 88.2 cm³/mol. The fraction of sp³-hybridized carbons (Fsp3) is 0.500. The number of carbonyl (C=O) groups is 1. The molecule has 1 aromatic carbocycles. The van der Waals surface area contributed by atoms with Gasteiger partial charge in [-0.1, -0.05) is 43.6 Å². The second kappa shape index (κ2) is 7.00. The fourth-order valence-corrected chi connectivity index (χ4v) is 3.17. The van der Waals surface area contributed by atoms with E-state index in [0.29, 0.717) is 11.4 Å². The van der Waals surface area contributed by atoms with Gasteiger partial charge in [0.2, 0.25) is 5.91 Å². The van der Waals surface area contributed by atoms with Gasteiger partial charge in [0.25, 0.3) is 0 Å². The van der Waals surface area contributed by atoms with Crippen molar-refractivity contribution in [3.05, 3.63) is 29.8 Å². The Morgan fingerprint density at radius 3 is 2.38 bits per heavy atom. The minimum absolute atomic E-state index is 0.0930. The quantitative estimate of drug-likeness (QED) is 0.730. The Morgan fingerprint density at radius 2 is 1.86 bits per heavy atom. The number of amides is 1. The second-order valence-corrected chi connectivity index (χ2v) is 6.07. The summed E-state index contributed by atoms with van der Waals surface area (Å²) in [4.78, 5) is 12.9. The lowest BCUT2D eigenvalue weighted by atomic mass is 9.73. The zero-order valence-corrected chi connectivity index (χ0v) is 12.9. The van der Waals surface area contributed by atoms with Crippen LogP contribution in [0.25, 0.3) is 0 Å². The molecule has 1 amide bonds. The van der Waals surface area contributed by atoms with Crippen LogP contribution in [0.2, 0.25) is 0 Å². The van der Waals surface area contributed by atoms with Gasteiger partial charge in [-0.3, -0.25) is 4.79 Å². The van der Waals surface area contributed by atoms with Gasteiger partial charge in [-0.2, -0.15) is 0 Å². The maximum atomic E-state index is 12.6. The minimum atomic E-state index is -0.697. The second-order valence-electron chi connectivity index (χ2n) is 5.63. The van der Waals surface area contributed by atoms with Crippen molar-refractivity contribution in [3.8, 4) is 0 Å². The standard InChI is InChI=1S/C16H22N2O2S/c17-14(21)16(9-2-1-3-10-16)15(20)18-13-6-4-12(5-7-13)8-11-19/h4-7,19H,1-3,8-11H2,(H2,17,21)(H,18,20). The van der Waals surface area contributed by atoms with Gasteiger partial charge in [-0.15, -0.1) is 0 Å². The zero-order valence-electron chi connectivity index (χ0n) is 12.1. The topological polar surface area (TPSA) is 75.4 Å². The van der Waals surface area contributed by atoms with Crippen LogP contribution in [0.1, 0.15) is 37.7 Å². The number of carbonyl (C=O) groups excluding carboxylic acids is 1. The Morgan fingerprint density at radius 1 is 1.24 bits per heavy atom. The summed E-state index contributed by atoms with van der Waals surface area (Å²) in [7, 11) is 0. The van der Waals surface area contributed by atoms with Crippen LogP contribution in [0.15, 0.2) is 24.3 Å². The number of benzene rings is 1. The van der Waals surface area contributed by atoms with Crippen molar-refractivity contribution in [1.29, 1.82) is 0 Å². The molecule has 0 bridgehead atoms. The van der Waals surface area contributed by atoms with Crippen molar-refractivity contribution in [2.45, 2.75) is 38.5 Å². The largest absolute Gasteiger partial charge is 0.396 e. The predicted octanol–water partition coefficient (Wildman–Crippen LogP) is 2.40. The van der Waals surface area contributed by atoms with E-state index in [4.69, 9.17) is 23.1 Å². The number of nitrogens with one attached hydrogen (secondary N) is 1. The molecule has 21 heavy (non-hydrogen) atoms. The average Bonchev–Trinajstić information content (AvgIpc) is 2.50. The summed E-state index contributed by atoms with van der Waals surface area (Å²) < 4.78 is 0. The molecule has 0 spiro atoms. The fourth-order valence-electron chi connectivity index (χ4n) is 2.88. The van der Waals surface area contributed by atoms with Crippen LogP contribution in [0.4, 0.5) is 5.69 Å². The molecular formula is C16H22N2O2S. The molecule has 1 saturated carbocycles. The van der Waals surface area contributed by atoms with E-state index < -0.39 is 5.41 Å². The third-order valence-corrected chi connectivity index (χ3v) is 4.62. The van der Waals surface area contributed by atoms with Crippen molar-refractivity contribution in [2.75, 3.05) is 11.9 Å². The normalized spacial score (nSPS) is 17.2. The van der Waals surface area contributed by atoms with E-state index in [1.165, 1.54) is 0 Å². The molecule has 4 nitrogen and oxygen atoms in total. The Hall–Kier alpha value is -1.46. The van der Waals surface area contributed by atoms with Crippen LogP contribution >= 0.6 is 12.2 Å². The Labute approximate surface area is 130 Å². The number of nitrogens with two attached hydrogens (primary N) is 1. The van der Waals surface area contributed by atoms with E-state index in [9.17, 15) is 4.79 Å². The first-order chi connectivity index (χ1) is 10.1. The number of anilines is 1. The van der Waals surface area contributed by atoms with Crippen molar-refractivity contribution in [3.63, 3.8) is 0 Å². The van der Waals surface area contributed by atoms with Crippen LogP contribution in [0, 0.1) is 5.41 Å². The first kappa shape index (κ1) is 15.9. The van der Waals surface area contributed by atoms with Crippen molar-refractivity contribution in [2.24, 2.45) is 11.1 Å². The van der Waals surface area contributed by atoms with E-state index in [-0.39, 0.29) is 12.5 Å². The minimum Gasteiger partial charge on any atom is -0.396 e. The molecule has 2 rings (SSSR count). The molecule has 1 aromatic rings. The zero-order chi connectivity index (χ0) is 15.3. The Kier molecular flexibility index (Phi) is 5.31. The van der Waals surface area contributed by atoms with Gasteiger partial charge in [0, 0.05) is 12.3 Å². The van der Waals surface area contributed by atoms with Crippen LogP contribution in [-0.4, -0.2) is 22.6 Å². The summed E-state index contributed by atoms with van der Waals surface area (Å²) in [6.45, 7) is 0.121. The summed E-state index contributed by atoms with van der Waals surface area (Å²) >= 11 is 5.16. The van der Waals surface area contributed by atoms with Gasteiger partial charge < -0.3 is 16.2 Å². The summed E-state index contributed by atoms with van der Waals surface area (Å²) in [5, 5.41) is 11.8. The molecule has 4 N–H and O–H groups in total. The molecule has 0 saturated heterocycles. The van der Waals surface area contributed by atoms with E-state index in [2.05, 4.69) is 5.32 Å². The molecule has 1 aliphatic rings. The summed E-state index contributed by atoms with van der Waals surface area (Å²) in [6, 6.07) is 7.50. The van der Waals surface area contributed by atoms with Crippen LogP contribution in [0.5, 0.6) is 0 Å². The van der Waals surface area contributed by atoms with Crippen LogP contribution in [0.3, 0.4) is 0 Å². The van der Waals surface area contributed by atoms with Crippen molar-refractivity contribution < 1.29 is 9.90 Å². The van der Waals surface area contributed by atoms with Gasteiger partial charge in [0.05, 0.1) is 10.4 Å². The summed E-state index contributed by atoms with van der Waals surface area (Å²) in [5.41, 5.74) is 6.94. The number of aliphatic hydroxyl groups is 1. The number of hydrogen-bond acceptors (Lipinski definition) is 3. The van der Waals surface area contributed by atoms with Gasteiger partial charge in [0.1, 0.15) is 0 Å². The van der Waals surface area contributed by atoms with E-state index in [0.717, 1.165) is 43.4 Å². The van der Waals surface area contributed by atoms with Crippen molar-refractivity contribution in [1.82, 2.24) is 0 Å². The number of rotatable bonds is 5. The smallest absolute Gasteiger partial charge is 0.237 e. The van der Waals surface area contributed by atoms with Crippen LogP contribution < -0.4 is 11.1 Å². The lowest BCUT2D eigenvalue weighted by Crippen LogP contribution is -2.47. The molecule has 0 aliphatic heterocycles. The van der Waals surface area contributed by atoms with Gasteiger partial charge >= 0.3 is 0 Å².